The van der Waals surface area contributed by atoms with Crippen LogP contribution in [-0.2, 0) is 26.3 Å². The zero-order valence-corrected chi connectivity index (χ0v) is 15.3. The number of benzene rings is 1. The summed E-state index contributed by atoms with van der Waals surface area (Å²) < 4.78 is 40.4. The van der Waals surface area contributed by atoms with E-state index in [9.17, 15) is 27.5 Å². The Morgan fingerprint density at radius 2 is 2.15 bits per heavy atom. The van der Waals surface area contributed by atoms with Crippen molar-refractivity contribution in [1.29, 1.82) is 0 Å². The van der Waals surface area contributed by atoms with Crippen LogP contribution in [-0.4, -0.2) is 43.3 Å². The number of carbonyl (C=O) groups is 2. The molecule has 3 rings (SSSR count). The molecule has 1 saturated heterocycles. The van der Waals surface area contributed by atoms with E-state index in [1.54, 1.807) is 15.8 Å². The van der Waals surface area contributed by atoms with Crippen molar-refractivity contribution in [2.24, 2.45) is 0 Å². The predicted octanol–water partition coefficient (Wildman–Crippen LogP) is 0.286. The largest absolute Gasteiger partial charge is 0.506 e. The van der Waals surface area contributed by atoms with Gasteiger partial charge in [0.1, 0.15) is 18.0 Å². The number of hydrogen-bond acceptors (Lipinski definition) is 6. The molecule has 3 N–H and O–H groups in total. The van der Waals surface area contributed by atoms with Crippen LogP contribution in [0.5, 0.6) is 5.75 Å². The van der Waals surface area contributed by atoms with Crippen LogP contribution in [0.25, 0.3) is 0 Å². The molecular weight excluding hydrogens is 379 g/mol. The minimum absolute atomic E-state index is 0.0722. The number of aromatic hydroxyl groups is 1. The first-order valence-corrected chi connectivity index (χ1v) is 9.68. The van der Waals surface area contributed by atoms with Crippen molar-refractivity contribution in [2.75, 3.05) is 17.4 Å². The van der Waals surface area contributed by atoms with E-state index in [1.165, 1.54) is 13.0 Å². The maximum absolute atomic E-state index is 14.5. The van der Waals surface area contributed by atoms with Crippen molar-refractivity contribution in [2.45, 2.75) is 26.3 Å². The van der Waals surface area contributed by atoms with Gasteiger partial charge in [0.2, 0.25) is 5.91 Å². The zero-order chi connectivity index (χ0) is 19.8. The van der Waals surface area contributed by atoms with Crippen LogP contribution in [0.3, 0.4) is 0 Å². The Labute approximate surface area is 155 Å². The van der Waals surface area contributed by atoms with Gasteiger partial charge in [-0.3, -0.25) is 9.59 Å². The fourth-order valence-corrected chi connectivity index (χ4v) is 4.16. The summed E-state index contributed by atoms with van der Waals surface area (Å²) in [6, 6.07) is 2.32. The number of nitrogens with zero attached hydrogens (tertiary/aromatic N) is 2. The number of amides is 2. The SMILES string of the molecule is CC(=O)N1C=C(NCc2cc(O)c(N3CC(=O)NS3(=O)=O)c(F)c2)CCC1. The third kappa shape index (κ3) is 3.97. The lowest BCUT2D eigenvalue weighted by molar-refractivity contribution is -0.126. The Balaban J connectivity index is 1.78. The maximum atomic E-state index is 14.5. The highest BCUT2D eigenvalue weighted by atomic mass is 32.2. The number of allylic oxidation sites excluding steroid dienone is 1. The number of phenolic OH excluding ortho intramolecular Hbond substituents is 1. The first-order chi connectivity index (χ1) is 12.7. The second kappa shape index (κ2) is 7.06. The lowest BCUT2D eigenvalue weighted by atomic mass is 10.1. The molecule has 27 heavy (non-hydrogen) atoms. The van der Waals surface area contributed by atoms with Crippen molar-refractivity contribution in [3.8, 4) is 5.75 Å². The van der Waals surface area contributed by atoms with Gasteiger partial charge in [-0.15, -0.1) is 0 Å². The van der Waals surface area contributed by atoms with Crippen molar-refractivity contribution in [3.63, 3.8) is 0 Å². The highest BCUT2D eigenvalue weighted by Crippen LogP contribution is 2.34. The van der Waals surface area contributed by atoms with E-state index >= 15 is 0 Å². The van der Waals surface area contributed by atoms with Crippen LogP contribution < -0.4 is 14.3 Å². The van der Waals surface area contributed by atoms with Crippen molar-refractivity contribution < 1.29 is 27.5 Å². The molecule has 1 aromatic rings. The molecule has 0 spiro atoms. The minimum Gasteiger partial charge on any atom is -0.506 e. The quantitative estimate of drug-likeness (QED) is 0.671. The molecule has 0 unspecified atom stereocenters. The molecule has 0 radical (unpaired) electrons. The molecular formula is C16H19FN4O5S. The van der Waals surface area contributed by atoms with Gasteiger partial charge in [-0.05, 0) is 30.5 Å². The summed E-state index contributed by atoms with van der Waals surface area (Å²) in [6.45, 7) is 1.68. The lowest BCUT2D eigenvalue weighted by Gasteiger charge is -2.24. The van der Waals surface area contributed by atoms with Crippen molar-refractivity contribution >= 4 is 27.7 Å². The summed E-state index contributed by atoms with van der Waals surface area (Å²) in [5.41, 5.74) is 0.611. The summed E-state index contributed by atoms with van der Waals surface area (Å²) in [7, 11) is -4.22. The smallest absolute Gasteiger partial charge is 0.326 e. The molecule has 0 saturated carbocycles. The molecule has 2 aliphatic rings. The average molecular weight is 398 g/mol. The molecule has 146 valence electrons. The second-order valence-corrected chi connectivity index (χ2v) is 7.90. The number of halogens is 1. The molecule has 9 nitrogen and oxygen atoms in total. The monoisotopic (exact) mass is 398 g/mol. The van der Waals surface area contributed by atoms with Gasteiger partial charge < -0.3 is 15.3 Å². The van der Waals surface area contributed by atoms with Crippen molar-refractivity contribution in [1.82, 2.24) is 14.9 Å². The van der Waals surface area contributed by atoms with E-state index in [0.29, 0.717) is 16.4 Å². The van der Waals surface area contributed by atoms with E-state index in [1.807, 2.05) is 0 Å². The Hall–Kier alpha value is -2.82. The normalized spacial score (nSPS) is 18.9. The van der Waals surface area contributed by atoms with Gasteiger partial charge in [-0.1, -0.05) is 0 Å². The molecule has 11 heteroatoms. The molecule has 2 aliphatic heterocycles. The molecule has 1 fully saturated rings. The van der Waals surface area contributed by atoms with Crippen LogP contribution in [0.4, 0.5) is 10.1 Å². The fourth-order valence-electron chi connectivity index (χ4n) is 2.99. The third-order valence-corrected chi connectivity index (χ3v) is 5.63. The third-order valence-electron chi connectivity index (χ3n) is 4.25. The molecule has 0 atom stereocenters. The zero-order valence-electron chi connectivity index (χ0n) is 14.5. The van der Waals surface area contributed by atoms with E-state index in [-0.39, 0.29) is 12.5 Å². The Morgan fingerprint density at radius 3 is 2.74 bits per heavy atom. The number of hydrogen-bond donors (Lipinski definition) is 3. The van der Waals surface area contributed by atoms with Gasteiger partial charge in [0.25, 0.3) is 5.91 Å². The summed E-state index contributed by atoms with van der Waals surface area (Å²) >= 11 is 0. The first kappa shape index (κ1) is 19.0. The summed E-state index contributed by atoms with van der Waals surface area (Å²) in [5.74, 6) is -2.43. The van der Waals surface area contributed by atoms with Crippen LogP contribution >= 0.6 is 0 Å². The summed E-state index contributed by atoms with van der Waals surface area (Å²) in [4.78, 5) is 24.3. The summed E-state index contributed by atoms with van der Waals surface area (Å²) in [5, 5.41) is 13.2. The van der Waals surface area contributed by atoms with Gasteiger partial charge in [0.15, 0.2) is 5.82 Å². The maximum Gasteiger partial charge on any atom is 0.326 e. The number of anilines is 1. The van der Waals surface area contributed by atoms with Gasteiger partial charge in [0, 0.05) is 31.9 Å². The molecule has 0 aromatic heterocycles. The average Bonchev–Trinajstić information content (AvgIpc) is 2.85. The van der Waals surface area contributed by atoms with Gasteiger partial charge in [-0.25, -0.2) is 13.4 Å². The Morgan fingerprint density at radius 1 is 1.41 bits per heavy atom. The van der Waals surface area contributed by atoms with E-state index in [4.69, 9.17) is 0 Å². The van der Waals surface area contributed by atoms with E-state index in [2.05, 4.69) is 5.32 Å². The van der Waals surface area contributed by atoms with Crippen LogP contribution in [0.15, 0.2) is 24.0 Å². The molecule has 2 heterocycles. The van der Waals surface area contributed by atoms with Crippen LogP contribution in [0, 0.1) is 5.82 Å². The number of carbonyl (C=O) groups excluding carboxylic acids is 2. The Kier molecular flexibility index (Phi) is 4.96. The van der Waals surface area contributed by atoms with E-state index in [0.717, 1.165) is 24.6 Å². The topological polar surface area (TPSA) is 119 Å². The lowest BCUT2D eigenvalue weighted by Crippen LogP contribution is -2.31. The second-order valence-electron chi connectivity index (χ2n) is 6.31. The van der Waals surface area contributed by atoms with Gasteiger partial charge >= 0.3 is 10.2 Å². The van der Waals surface area contributed by atoms with Gasteiger partial charge in [-0.2, -0.15) is 8.42 Å². The molecule has 2 amide bonds. The molecule has 1 aromatic carbocycles. The fraction of sp³-hybridized carbons (Fsp3) is 0.375. The van der Waals surface area contributed by atoms with Crippen LogP contribution in [0.2, 0.25) is 0 Å². The molecule has 0 aliphatic carbocycles. The van der Waals surface area contributed by atoms with Gasteiger partial charge in [0.05, 0.1) is 0 Å². The Bertz CT molecular complexity index is 908. The van der Waals surface area contributed by atoms with E-state index < -0.39 is 39.9 Å². The minimum atomic E-state index is -4.22. The number of phenols is 1. The predicted molar refractivity (Wildman–Crippen MR) is 94.0 cm³/mol. The number of nitrogens with one attached hydrogen (secondary N) is 2. The highest BCUT2D eigenvalue weighted by molar-refractivity contribution is 7.92. The van der Waals surface area contributed by atoms with Crippen LogP contribution in [0.1, 0.15) is 25.3 Å². The number of rotatable bonds is 4. The summed E-state index contributed by atoms with van der Waals surface area (Å²) in [6.07, 6.45) is 3.23. The van der Waals surface area contributed by atoms with Crippen molar-refractivity contribution in [3.05, 3.63) is 35.4 Å². The molecule has 0 bridgehead atoms. The standard InChI is InChI=1S/C16H19FN4O5S/c1-10(22)20-4-2-3-12(8-20)18-7-11-5-13(17)16(14(23)6-11)21-9-15(24)19-27(21,25)26/h5-6,8,18,23H,2-4,7,9H2,1H3,(H,19,24). The first-order valence-electron chi connectivity index (χ1n) is 8.24. The highest BCUT2D eigenvalue weighted by Gasteiger charge is 2.37.